The van der Waals surface area contributed by atoms with Gasteiger partial charge in [0.2, 0.25) is 5.89 Å². The summed E-state index contributed by atoms with van der Waals surface area (Å²) >= 11 is 1.55. The van der Waals surface area contributed by atoms with E-state index in [9.17, 15) is 4.79 Å². The average Bonchev–Trinajstić information content (AvgIpc) is 2.89. The summed E-state index contributed by atoms with van der Waals surface area (Å²) in [5, 5.41) is 4.23. The molecule has 3 aromatic rings. The number of aromatic nitrogens is 2. The van der Waals surface area contributed by atoms with Crippen molar-refractivity contribution in [2.24, 2.45) is 0 Å². The van der Waals surface area contributed by atoms with E-state index in [0.29, 0.717) is 11.8 Å². The molecule has 4 nitrogen and oxygen atoms in total. The first-order valence-electron chi connectivity index (χ1n) is 6.55. The molecule has 0 aliphatic carbocycles. The molecule has 2 aromatic carbocycles. The molecule has 5 heteroatoms. The Balaban J connectivity index is 1.76. The summed E-state index contributed by atoms with van der Waals surface area (Å²) in [5.74, 6) is 0.344. The zero-order valence-electron chi connectivity index (χ0n) is 11.5. The van der Waals surface area contributed by atoms with Crippen LogP contribution in [0.1, 0.15) is 5.56 Å². The predicted molar refractivity (Wildman–Crippen MR) is 83.2 cm³/mol. The zero-order valence-corrected chi connectivity index (χ0v) is 12.3. The molecule has 0 aliphatic rings. The lowest BCUT2D eigenvalue weighted by Crippen LogP contribution is -2.13. The van der Waals surface area contributed by atoms with Crippen LogP contribution in [0.25, 0.3) is 11.5 Å². The van der Waals surface area contributed by atoms with E-state index in [1.54, 1.807) is 11.8 Å². The van der Waals surface area contributed by atoms with E-state index in [2.05, 4.69) is 5.10 Å². The summed E-state index contributed by atoms with van der Waals surface area (Å²) in [5.41, 5.74) is 2.01. The second kappa shape index (κ2) is 6.01. The number of aryl methyl sites for hydroxylation is 1. The molecule has 0 saturated carbocycles. The number of thioether (sulfide) groups is 1. The minimum Gasteiger partial charge on any atom is -0.388 e. The molecule has 3 rings (SSSR count). The summed E-state index contributed by atoms with van der Waals surface area (Å²) in [6, 6.07) is 17.6. The van der Waals surface area contributed by atoms with E-state index in [1.165, 1.54) is 10.2 Å². The van der Waals surface area contributed by atoms with Crippen molar-refractivity contribution in [1.29, 1.82) is 0 Å². The SMILES string of the molecule is Cc1ccc(SCn2nc(-c3ccccc3)oc2=O)cc1. The number of hydrogen-bond acceptors (Lipinski definition) is 4. The summed E-state index contributed by atoms with van der Waals surface area (Å²) < 4.78 is 6.53. The molecule has 0 aliphatic heterocycles. The first-order chi connectivity index (χ1) is 10.2. The second-order valence-corrected chi connectivity index (χ2v) is 5.64. The Morgan fingerprint density at radius 2 is 1.81 bits per heavy atom. The molecule has 0 saturated heterocycles. The molecule has 0 radical (unpaired) electrons. The van der Waals surface area contributed by atoms with Crippen molar-refractivity contribution >= 4 is 11.8 Å². The van der Waals surface area contributed by atoms with Gasteiger partial charge in [-0.1, -0.05) is 35.9 Å². The van der Waals surface area contributed by atoms with Crippen LogP contribution >= 0.6 is 11.8 Å². The molecule has 0 spiro atoms. The quantitative estimate of drug-likeness (QED) is 0.691. The van der Waals surface area contributed by atoms with Crippen molar-refractivity contribution in [3.05, 3.63) is 70.7 Å². The van der Waals surface area contributed by atoms with Crippen LogP contribution in [0.4, 0.5) is 0 Å². The van der Waals surface area contributed by atoms with Crippen molar-refractivity contribution in [3.8, 4) is 11.5 Å². The highest BCUT2D eigenvalue weighted by Crippen LogP contribution is 2.20. The summed E-state index contributed by atoms with van der Waals surface area (Å²) in [7, 11) is 0. The van der Waals surface area contributed by atoms with Crippen molar-refractivity contribution in [1.82, 2.24) is 9.78 Å². The topological polar surface area (TPSA) is 48.0 Å². The maximum absolute atomic E-state index is 11.8. The van der Waals surface area contributed by atoms with Crippen LogP contribution in [0.5, 0.6) is 0 Å². The molecule has 0 N–H and O–H groups in total. The lowest BCUT2D eigenvalue weighted by molar-refractivity contribution is 0.503. The van der Waals surface area contributed by atoms with Crippen LogP contribution < -0.4 is 5.76 Å². The Labute approximate surface area is 126 Å². The van der Waals surface area contributed by atoms with Gasteiger partial charge in [0.15, 0.2) is 0 Å². The van der Waals surface area contributed by atoms with Crippen molar-refractivity contribution in [2.45, 2.75) is 17.7 Å². The van der Waals surface area contributed by atoms with Gasteiger partial charge in [-0.2, -0.15) is 4.68 Å². The third kappa shape index (κ3) is 3.25. The summed E-state index contributed by atoms with van der Waals surface area (Å²) in [4.78, 5) is 12.9. The van der Waals surface area contributed by atoms with Gasteiger partial charge in [-0.05, 0) is 31.2 Å². The molecule has 21 heavy (non-hydrogen) atoms. The van der Waals surface area contributed by atoms with Crippen molar-refractivity contribution < 1.29 is 4.42 Å². The van der Waals surface area contributed by atoms with Crippen LogP contribution in [0.15, 0.2) is 68.7 Å². The van der Waals surface area contributed by atoms with E-state index < -0.39 is 5.76 Å². The van der Waals surface area contributed by atoms with Crippen LogP contribution in [0.3, 0.4) is 0 Å². The van der Waals surface area contributed by atoms with Gasteiger partial charge >= 0.3 is 5.76 Å². The second-order valence-electron chi connectivity index (χ2n) is 4.63. The molecule has 0 fully saturated rings. The monoisotopic (exact) mass is 298 g/mol. The number of hydrogen-bond donors (Lipinski definition) is 0. The highest BCUT2D eigenvalue weighted by molar-refractivity contribution is 7.98. The van der Waals surface area contributed by atoms with Gasteiger partial charge in [-0.25, -0.2) is 4.79 Å². The Kier molecular flexibility index (Phi) is 3.92. The smallest absolute Gasteiger partial charge is 0.388 e. The first kappa shape index (κ1) is 13.7. The summed E-state index contributed by atoms with van der Waals surface area (Å²) in [6.45, 7) is 2.04. The predicted octanol–water partition coefficient (Wildman–Crippen LogP) is 3.56. The van der Waals surface area contributed by atoms with E-state index >= 15 is 0 Å². The molecule has 0 unspecified atom stereocenters. The average molecular weight is 298 g/mol. The fourth-order valence-corrected chi connectivity index (χ4v) is 2.62. The number of nitrogens with zero attached hydrogens (tertiary/aromatic N) is 2. The van der Waals surface area contributed by atoms with Crippen LogP contribution in [0.2, 0.25) is 0 Å². The maximum Gasteiger partial charge on any atom is 0.438 e. The van der Waals surface area contributed by atoms with Crippen molar-refractivity contribution in [2.75, 3.05) is 0 Å². The van der Waals surface area contributed by atoms with Crippen LogP contribution in [-0.2, 0) is 5.88 Å². The Morgan fingerprint density at radius 3 is 2.52 bits per heavy atom. The molecule has 1 aromatic heterocycles. The fourth-order valence-electron chi connectivity index (χ4n) is 1.86. The van der Waals surface area contributed by atoms with Crippen LogP contribution in [-0.4, -0.2) is 9.78 Å². The lowest BCUT2D eigenvalue weighted by Gasteiger charge is -2.00. The number of benzene rings is 2. The Bertz CT molecular complexity index is 776. The lowest BCUT2D eigenvalue weighted by atomic mass is 10.2. The molecular weight excluding hydrogens is 284 g/mol. The van der Waals surface area contributed by atoms with Gasteiger partial charge in [-0.3, -0.25) is 0 Å². The highest BCUT2D eigenvalue weighted by Gasteiger charge is 2.09. The van der Waals surface area contributed by atoms with E-state index in [1.807, 2.05) is 61.5 Å². The first-order valence-corrected chi connectivity index (χ1v) is 7.54. The molecule has 0 amide bonds. The van der Waals surface area contributed by atoms with Gasteiger partial charge in [0.25, 0.3) is 0 Å². The summed E-state index contributed by atoms with van der Waals surface area (Å²) in [6.07, 6.45) is 0. The van der Waals surface area contributed by atoms with Crippen molar-refractivity contribution in [3.63, 3.8) is 0 Å². The van der Waals surface area contributed by atoms with Gasteiger partial charge in [0, 0.05) is 10.5 Å². The largest absolute Gasteiger partial charge is 0.438 e. The molecule has 0 bridgehead atoms. The molecule has 1 heterocycles. The van der Waals surface area contributed by atoms with Crippen LogP contribution in [0, 0.1) is 6.92 Å². The number of rotatable bonds is 4. The minimum absolute atomic E-state index is 0.352. The highest BCUT2D eigenvalue weighted by atomic mass is 32.2. The Hall–Kier alpha value is -2.27. The third-order valence-corrected chi connectivity index (χ3v) is 3.98. The van der Waals surface area contributed by atoms with E-state index in [4.69, 9.17) is 4.42 Å². The maximum atomic E-state index is 11.8. The zero-order chi connectivity index (χ0) is 14.7. The molecular formula is C16H14N2O2S. The van der Waals surface area contributed by atoms with Gasteiger partial charge in [-0.15, -0.1) is 16.9 Å². The minimum atomic E-state index is -0.437. The third-order valence-electron chi connectivity index (χ3n) is 3.00. The molecule has 106 valence electrons. The van der Waals surface area contributed by atoms with E-state index in [0.717, 1.165) is 10.5 Å². The fraction of sp³-hybridized carbons (Fsp3) is 0.125. The Morgan fingerprint density at radius 1 is 1.10 bits per heavy atom. The normalized spacial score (nSPS) is 10.7. The van der Waals surface area contributed by atoms with E-state index in [-0.39, 0.29) is 0 Å². The van der Waals surface area contributed by atoms with Gasteiger partial charge in [0.1, 0.15) is 0 Å². The standard InChI is InChI=1S/C16H14N2O2S/c1-12-7-9-14(10-8-12)21-11-18-16(19)20-15(17-18)13-5-3-2-4-6-13/h2-10H,11H2,1H3. The van der Waals surface area contributed by atoms with Gasteiger partial charge < -0.3 is 4.42 Å². The van der Waals surface area contributed by atoms with Gasteiger partial charge in [0.05, 0.1) is 5.88 Å². The molecule has 0 atom stereocenters.